The molecule has 2 aromatic rings. The molecule has 128 valence electrons. The van der Waals surface area contributed by atoms with Gasteiger partial charge in [0.2, 0.25) is 5.91 Å². The van der Waals surface area contributed by atoms with Crippen molar-refractivity contribution in [2.45, 2.75) is 24.8 Å². The van der Waals surface area contributed by atoms with Gasteiger partial charge in [0.25, 0.3) is 5.91 Å². The van der Waals surface area contributed by atoms with Crippen LogP contribution < -0.4 is 10.6 Å². The minimum absolute atomic E-state index is 0.0673. The number of carbonyl (C=O) groups excluding carboxylic acids is 2. The second-order valence-electron chi connectivity index (χ2n) is 5.65. The topological polar surface area (TPSA) is 82.0 Å². The van der Waals surface area contributed by atoms with E-state index in [1.165, 1.54) is 11.8 Å². The van der Waals surface area contributed by atoms with Gasteiger partial charge in [-0.2, -0.15) is 5.26 Å². The normalized spacial score (nSPS) is 10.2. The zero-order valence-corrected chi connectivity index (χ0v) is 14.9. The Hall–Kier alpha value is -2.78. The van der Waals surface area contributed by atoms with Gasteiger partial charge in [0, 0.05) is 16.6 Å². The number of nitriles is 1. The molecule has 0 saturated carbocycles. The van der Waals surface area contributed by atoms with E-state index >= 15 is 0 Å². The van der Waals surface area contributed by atoms with Gasteiger partial charge in [-0.05, 0) is 50.2 Å². The summed E-state index contributed by atoms with van der Waals surface area (Å²) in [5, 5.41) is 14.4. The molecule has 2 amide bonds. The second kappa shape index (κ2) is 8.90. The van der Waals surface area contributed by atoms with Crippen LogP contribution in [0.25, 0.3) is 0 Å². The molecular formula is C19H19N3O2S. The van der Waals surface area contributed by atoms with E-state index in [-0.39, 0.29) is 23.6 Å². The van der Waals surface area contributed by atoms with Crippen LogP contribution in [0.15, 0.2) is 53.4 Å². The van der Waals surface area contributed by atoms with E-state index in [0.717, 1.165) is 4.90 Å². The Labute approximate surface area is 151 Å². The molecule has 0 aliphatic carbocycles. The highest BCUT2D eigenvalue weighted by atomic mass is 32.2. The minimum Gasteiger partial charge on any atom is -0.353 e. The third kappa shape index (κ3) is 5.66. The Kier molecular flexibility index (Phi) is 6.61. The number of anilines is 1. The molecule has 0 saturated heterocycles. The van der Waals surface area contributed by atoms with E-state index < -0.39 is 0 Å². The molecule has 0 bridgehead atoms. The van der Waals surface area contributed by atoms with Gasteiger partial charge >= 0.3 is 0 Å². The highest BCUT2D eigenvalue weighted by Crippen LogP contribution is 2.23. The number of hydrogen-bond donors (Lipinski definition) is 2. The van der Waals surface area contributed by atoms with Crippen LogP contribution in [0.4, 0.5) is 5.69 Å². The Bertz CT molecular complexity index is 795. The van der Waals surface area contributed by atoms with Gasteiger partial charge < -0.3 is 10.6 Å². The molecule has 0 radical (unpaired) electrons. The fourth-order valence-electron chi connectivity index (χ4n) is 2.11. The van der Waals surface area contributed by atoms with Crippen molar-refractivity contribution in [2.24, 2.45) is 0 Å². The number of nitrogens with zero attached hydrogens (tertiary/aromatic N) is 1. The first-order valence-electron chi connectivity index (χ1n) is 7.82. The Balaban J connectivity index is 2.06. The van der Waals surface area contributed by atoms with E-state index in [1.54, 1.807) is 36.4 Å². The quantitative estimate of drug-likeness (QED) is 0.780. The van der Waals surface area contributed by atoms with Crippen molar-refractivity contribution >= 4 is 29.3 Å². The summed E-state index contributed by atoms with van der Waals surface area (Å²) in [6, 6.07) is 15.9. The maximum absolute atomic E-state index is 12.5. The summed E-state index contributed by atoms with van der Waals surface area (Å²) in [7, 11) is 0. The molecule has 2 aromatic carbocycles. The molecule has 0 aliphatic heterocycles. The summed E-state index contributed by atoms with van der Waals surface area (Å²) in [4.78, 5) is 25.1. The molecule has 0 spiro atoms. The van der Waals surface area contributed by atoms with Crippen LogP contribution >= 0.6 is 11.8 Å². The molecule has 5 nitrogen and oxygen atoms in total. The average molecular weight is 353 g/mol. The summed E-state index contributed by atoms with van der Waals surface area (Å²) in [6.45, 7) is 3.81. The third-order valence-electron chi connectivity index (χ3n) is 3.21. The molecule has 0 aliphatic rings. The van der Waals surface area contributed by atoms with Crippen LogP contribution in [-0.2, 0) is 4.79 Å². The smallest absolute Gasteiger partial charge is 0.256 e. The van der Waals surface area contributed by atoms with Crippen LogP contribution in [0, 0.1) is 11.3 Å². The summed E-state index contributed by atoms with van der Waals surface area (Å²) in [6.07, 6.45) is 0. The number of hydrogen-bond acceptors (Lipinski definition) is 4. The molecule has 0 unspecified atom stereocenters. The Morgan fingerprint density at radius 2 is 1.80 bits per heavy atom. The summed E-state index contributed by atoms with van der Waals surface area (Å²) >= 11 is 1.33. The van der Waals surface area contributed by atoms with Gasteiger partial charge in [0.15, 0.2) is 0 Å². The van der Waals surface area contributed by atoms with Gasteiger partial charge in [-0.25, -0.2) is 0 Å². The van der Waals surface area contributed by atoms with Gasteiger partial charge in [0.1, 0.15) is 0 Å². The standard InChI is InChI=1S/C19H19N3O2S/c1-13(2)21-18(23)12-25-17-6-4-3-5-16(17)19(24)22-15-9-7-14(11-20)8-10-15/h3-10,13H,12H2,1-2H3,(H,21,23)(H,22,24). The van der Waals surface area contributed by atoms with Crippen molar-refractivity contribution in [3.63, 3.8) is 0 Å². The largest absolute Gasteiger partial charge is 0.353 e. The lowest BCUT2D eigenvalue weighted by Crippen LogP contribution is -2.31. The molecule has 0 atom stereocenters. The number of carbonyl (C=O) groups is 2. The number of thioether (sulfide) groups is 1. The van der Waals surface area contributed by atoms with E-state index in [4.69, 9.17) is 5.26 Å². The summed E-state index contributed by atoms with van der Waals surface area (Å²) in [5.41, 5.74) is 1.65. The van der Waals surface area contributed by atoms with Crippen molar-refractivity contribution < 1.29 is 9.59 Å². The predicted molar refractivity (Wildman–Crippen MR) is 99.6 cm³/mol. The first kappa shape index (κ1) is 18.6. The second-order valence-corrected chi connectivity index (χ2v) is 6.67. The van der Waals surface area contributed by atoms with Crippen molar-refractivity contribution in [3.05, 3.63) is 59.7 Å². The minimum atomic E-state index is -0.253. The van der Waals surface area contributed by atoms with Crippen LogP contribution in [-0.4, -0.2) is 23.6 Å². The molecule has 0 fully saturated rings. The average Bonchev–Trinajstić information content (AvgIpc) is 2.60. The van der Waals surface area contributed by atoms with Crippen molar-refractivity contribution in [1.82, 2.24) is 5.32 Å². The Morgan fingerprint density at radius 3 is 2.44 bits per heavy atom. The molecule has 2 N–H and O–H groups in total. The molecule has 0 heterocycles. The van der Waals surface area contributed by atoms with Crippen LogP contribution in [0.1, 0.15) is 29.8 Å². The predicted octanol–water partition coefficient (Wildman–Crippen LogP) is 3.43. The maximum atomic E-state index is 12.5. The highest BCUT2D eigenvalue weighted by molar-refractivity contribution is 8.00. The molecule has 2 rings (SSSR count). The summed E-state index contributed by atoms with van der Waals surface area (Å²) < 4.78 is 0. The monoisotopic (exact) mass is 353 g/mol. The number of benzene rings is 2. The van der Waals surface area contributed by atoms with Crippen LogP contribution in [0.3, 0.4) is 0 Å². The lowest BCUT2D eigenvalue weighted by Gasteiger charge is -2.11. The number of amides is 2. The molecular weight excluding hydrogens is 334 g/mol. The van der Waals surface area contributed by atoms with E-state index in [1.807, 2.05) is 32.0 Å². The molecule has 25 heavy (non-hydrogen) atoms. The fraction of sp³-hybridized carbons (Fsp3) is 0.211. The first-order valence-corrected chi connectivity index (χ1v) is 8.81. The lowest BCUT2D eigenvalue weighted by atomic mass is 10.2. The number of rotatable bonds is 6. The zero-order valence-electron chi connectivity index (χ0n) is 14.1. The van der Waals surface area contributed by atoms with Gasteiger partial charge in [-0.15, -0.1) is 11.8 Å². The SMILES string of the molecule is CC(C)NC(=O)CSc1ccccc1C(=O)Nc1ccc(C#N)cc1. The van der Waals surface area contributed by atoms with Crippen molar-refractivity contribution in [1.29, 1.82) is 5.26 Å². The van der Waals surface area contributed by atoms with E-state index in [0.29, 0.717) is 16.8 Å². The van der Waals surface area contributed by atoms with Crippen LogP contribution in [0.2, 0.25) is 0 Å². The molecule has 6 heteroatoms. The Morgan fingerprint density at radius 1 is 1.12 bits per heavy atom. The highest BCUT2D eigenvalue weighted by Gasteiger charge is 2.13. The van der Waals surface area contributed by atoms with Gasteiger partial charge in [0.05, 0.1) is 22.9 Å². The van der Waals surface area contributed by atoms with E-state index in [2.05, 4.69) is 10.6 Å². The van der Waals surface area contributed by atoms with E-state index in [9.17, 15) is 9.59 Å². The van der Waals surface area contributed by atoms with Crippen molar-refractivity contribution in [2.75, 3.05) is 11.1 Å². The number of nitrogens with one attached hydrogen (secondary N) is 2. The zero-order chi connectivity index (χ0) is 18.2. The van der Waals surface area contributed by atoms with Gasteiger partial charge in [-0.3, -0.25) is 9.59 Å². The van der Waals surface area contributed by atoms with Crippen molar-refractivity contribution in [3.8, 4) is 6.07 Å². The summed E-state index contributed by atoms with van der Waals surface area (Å²) in [5.74, 6) is -0.0707. The fourth-order valence-corrected chi connectivity index (χ4v) is 2.97. The third-order valence-corrected chi connectivity index (χ3v) is 4.29. The maximum Gasteiger partial charge on any atom is 0.256 e. The lowest BCUT2D eigenvalue weighted by molar-refractivity contribution is -0.119. The van der Waals surface area contributed by atoms with Gasteiger partial charge in [-0.1, -0.05) is 12.1 Å². The first-order chi connectivity index (χ1) is 12.0. The molecule has 0 aromatic heterocycles. The van der Waals surface area contributed by atoms with Crippen LogP contribution in [0.5, 0.6) is 0 Å².